The van der Waals surface area contributed by atoms with Crippen LogP contribution >= 0.6 is 11.8 Å². The molecule has 1 aromatic carbocycles. The van der Waals surface area contributed by atoms with Gasteiger partial charge in [0.2, 0.25) is 0 Å². The fourth-order valence-electron chi connectivity index (χ4n) is 2.46. The first kappa shape index (κ1) is 20.4. The second kappa shape index (κ2) is 9.17. The highest BCUT2D eigenvalue weighted by molar-refractivity contribution is 8.13. The van der Waals surface area contributed by atoms with Crippen LogP contribution in [-0.4, -0.2) is 41.5 Å². The highest BCUT2D eigenvalue weighted by Crippen LogP contribution is 2.34. The zero-order valence-electron chi connectivity index (χ0n) is 15.1. The number of nitro benzene ring substituents is 1. The van der Waals surface area contributed by atoms with Gasteiger partial charge in [0, 0.05) is 19.1 Å². The topological polar surface area (TPSA) is 120 Å². The van der Waals surface area contributed by atoms with Crippen LogP contribution in [0.2, 0.25) is 0 Å². The van der Waals surface area contributed by atoms with Gasteiger partial charge in [-0.3, -0.25) is 14.9 Å². The van der Waals surface area contributed by atoms with Gasteiger partial charge in [0.05, 0.1) is 22.8 Å². The number of hydrogen-bond acceptors (Lipinski definition) is 9. The molecule has 27 heavy (non-hydrogen) atoms. The highest BCUT2D eigenvalue weighted by Gasteiger charge is 2.32. The second-order valence-corrected chi connectivity index (χ2v) is 6.21. The summed E-state index contributed by atoms with van der Waals surface area (Å²) in [4.78, 5) is 38.9. The molecule has 0 radical (unpaired) electrons. The minimum Gasteiger partial charge on any atom is -0.463 e. The van der Waals surface area contributed by atoms with E-state index in [0.717, 1.165) is 0 Å². The highest BCUT2D eigenvalue weighted by atomic mass is 32.2. The molecule has 1 unspecified atom stereocenters. The van der Waals surface area contributed by atoms with Crippen molar-refractivity contribution < 1.29 is 24.0 Å². The third kappa shape index (κ3) is 5.07. The Hall–Kier alpha value is -2.88. The first-order valence-corrected chi connectivity index (χ1v) is 9.26. The summed E-state index contributed by atoms with van der Waals surface area (Å²) >= 11 is 1.30. The Morgan fingerprint density at radius 1 is 1.37 bits per heavy atom. The van der Waals surface area contributed by atoms with Crippen molar-refractivity contribution in [2.45, 2.75) is 19.9 Å². The Labute approximate surface area is 160 Å². The first-order chi connectivity index (χ1) is 12.9. The molecule has 0 aliphatic carbocycles. The van der Waals surface area contributed by atoms with Crippen molar-refractivity contribution in [2.75, 3.05) is 19.5 Å². The molecule has 0 spiro atoms. The fraction of sp³-hybridized carbons (Fsp3) is 0.353. The number of carbonyl (C=O) groups excluding carboxylic acids is 2. The van der Waals surface area contributed by atoms with E-state index in [9.17, 15) is 19.7 Å². The van der Waals surface area contributed by atoms with Crippen LogP contribution in [0.15, 0.2) is 40.5 Å². The van der Waals surface area contributed by atoms with Gasteiger partial charge in [-0.1, -0.05) is 23.9 Å². The molecule has 1 aliphatic rings. The maximum atomic E-state index is 12.6. The van der Waals surface area contributed by atoms with E-state index < -0.39 is 22.9 Å². The summed E-state index contributed by atoms with van der Waals surface area (Å²) in [6, 6.07) is 5.07. The number of thioether (sulfide) groups is 1. The number of aliphatic imine (C=N–C) groups is 1. The van der Waals surface area contributed by atoms with Gasteiger partial charge in [0.1, 0.15) is 12.6 Å². The zero-order chi connectivity index (χ0) is 20.0. The van der Waals surface area contributed by atoms with E-state index in [1.54, 1.807) is 19.2 Å². The summed E-state index contributed by atoms with van der Waals surface area (Å²) in [5.41, 5.74) is 0.827. The Bertz CT molecular complexity index is 821. The molecule has 1 heterocycles. The van der Waals surface area contributed by atoms with Crippen LogP contribution in [0.4, 0.5) is 5.69 Å². The average Bonchev–Trinajstić information content (AvgIpc) is 2.65. The van der Waals surface area contributed by atoms with Crippen molar-refractivity contribution in [1.29, 1.82) is 0 Å². The van der Waals surface area contributed by atoms with Crippen molar-refractivity contribution in [3.8, 4) is 0 Å². The Balaban J connectivity index is 2.56. The van der Waals surface area contributed by atoms with Gasteiger partial charge in [0.15, 0.2) is 5.17 Å². The second-order valence-electron chi connectivity index (χ2n) is 5.41. The zero-order valence-corrected chi connectivity index (χ0v) is 15.9. The monoisotopic (exact) mass is 393 g/mol. The number of esters is 2. The maximum absolute atomic E-state index is 12.6. The molecule has 9 nitrogen and oxygen atoms in total. The van der Waals surface area contributed by atoms with Gasteiger partial charge in [-0.2, -0.15) is 0 Å². The lowest BCUT2D eigenvalue weighted by Crippen LogP contribution is -2.34. The average molecular weight is 393 g/mol. The lowest BCUT2D eigenvalue weighted by atomic mass is 9.96. The molecule has 0 fully saturated rings. The van der Waals surface area contributed by atoms with Gasteiger partial charge in [-0.05, 0) is 18.7 Å². The number of ether oxygens (including phenoxy) is 2. The number of nitrogens with zero attached hydrogens (tertiary/aromatic N) is 2. The minimum atomic E-state index is -0.821. The lowest BCUT2D eigenvalue weighted by molar-refractivity contribution is -0.384. The lowest BCUT2D eigenvalue weighted by Gasteiger charge is -2.26. The molecule has 1 N–H and O–H groups in total. The molecule has 0 bridgehead atoms. The quantitative estimate of drug-likeness (QED) is 0.444. The smallest absolute Gasteiger partial charge is 0.338 e. The van der Waals surface area contributed by atoms with Gasteiger partial charge in [0.25, 0.3) is 5.69 Å². The SMILES string of the molecule is CCOC(=O)C1=C(COC(C)=O)NC(SC)=NC1c1cccc([N+](=O)[O-])c1. The Morgan fingerprint density at radius 2 is 2.11 bits per heavy atom. The van der Waals surface area contributed by atoms with Crippen LogP contribution in [0.25, 0.3) is 0 Å². The molecule has 0 amide bonds. The predicted octanol–water partition coefficient (Wildman–Crippen LogP) is 2.34. The number of nitro groups is 1. The number of benzene rings is 1. The van der Waals surface area contributed by atoms with Gasteiger partial charge in [-0.25, -0.2) is 9.79 Å². The molecular weight excluding hydrogens is 374 g/mol. The molecule has 1 atom stereocenters. The maximum Gasteiger partial charge on any atom is 0.338 e. The van der Waals surface area contributed by atoms with E-state index in [0.29, 0.717) is 16.4 Å². The summed E-state index contributed by atoms with van der Waals surface area (Å²) in [7, 11) is 0. The number of nitrogens with one attached hydrogen (secondary N) is 1. The molecule has 10 heteroatoms. The molecule has 0 saturated carbocycles. The van der Waals surface area contributed by atoms with Gasteiger partial charge in [-0.15, -0.1) is 0 Å². The van der Waals surface area contributed by atoms with Gasteiger partial charge >= 0.3 is 11.9 Å². The van der Waals surface area contributed by atoms with Crippen LogP contribution in [0, 0.1) is 10.1 Å². The summed E-state index contributed by atoms with van der Waals surface area (Å²) in [6.07, 6.45) is 1.79. The van der Waals surface area contributed by atoms with Crippen LogP contribution < -0.4 is 5.32 Å². The van der Waals surface area contributed by atoms with Crippen molar-refractivity contribution in [3.05, 3.63) is 51.2 Å². The van der Waals surface area contributed by atoms with E-state index in [1.165, 1.54) is 36.9 Å². The van der Waals surface area contributed by atoms with Crippen LogP contribution in [0.3, 0.4) is 0 Å². The van der Waals surface area contributed by atoms with E-state index in [1.807, 2.05) is 0 Å². The first-order valence-electron chi connectivity index (χ1n) is 8.04. The Kier molecular flexibility index (Phi) is 6.94. The molecule has 144 valence electrons. The largest absolute Gasteiger partial charge is 0.463 e. The van der Waals surface area contributed by atoms with E-state index in [4.69, 9.17) is 9.47 Å². The number of amidine groups is 1. The molecular formula is C17H19N3O6S. The minimum absolute atomic E-state index is 0.114. The normalized spacial score (nSPS) is 16.3. The standard InChI is InChI=1S/C17H19N3O6S/c1-4-25-16(22)14-13(9-26-10(2)21)18-17(27-3)19-15(14)11-6-5-7-12(8-11)20(23)24/h5-8,15H,4,9H2,1-3H3,(H,18,19). The van der Waals surface area contributed by atoms with Crippen molar-refractivity contribution >= 4 is 34.6 Å². The third-order valence-corrected chi connectivity index (χ3v) is 4.20. The van der Waals surface area contributed by atoms with Crippen LogP contribution in [-0.2, 0) is 19.1 Å². The number of hydrogen-bond donors (Lipinski definition) is 1. The summed E-state index contributed by atoms with van der Waals surface area (Å²) in [6.45, 7) is 2.90. The van der Waals surface area contributed by atoms with Crippen molar-refractivity contribution in [1.82, 2.24) is 5.32 Å². The van der Waals surface area contributed by atoms with Crippen molar-refractivity contribution in [3.63, 3.8) is 0 Å². The number of rotatable bonds is 6. The summed E-state index contributed by atoms with van der Waals surface area (Å²) < 4.78 is 10.2. The van der Waals surface area contributed by atoms with Crippen LogP contribution in [0.1, 0.15) is 25.5 Å². The molecule has 1 aromatic rings. The van der Waals surface area contributed by atoms with E-state index >= 15 is 0 Å². The Morgan fingerprint density at radius 3 is 2.70 bits per heavy atom. The van der Waals surface area contributed by atoms with Crippen molar-refractivity contribution in [2.24, 2.45) is 4.99 Å². The molecule has 1 aliphatic heterocycles. The fourth-order valence-corrected chi connectivity index (χ4v) is 2.90. The van der Waals surface area contributed by atoms with Crippen LogP contribution in [0.5, 0.6) is 0 Å². The number of carbonyl (C=O) groups is 2. The molecule has 0 saturated heterocycles. The summed E-state index contributed by atoms with van der Waals surface area (Å²) in [5.74, 6) is -1.14. The predicted molar refractivity (Wildman–Crippen MR) is 100 cm³/mol. The molecule has 0 aromatic heterocycles. The van der Waals surface area contributed by atoms with E-state index in [2.05, 4.69) is 10.3 Å². The third-order valence-electron chi connectivity index (χ3n) is 3.61. The number of non-ortho nitro benzene ring substituents is 1. The summed E-state index contributed by atoms with van der Waals surface area (Å²) in [5, 5.41) is 14.6. The van der Waals surface area contributed by atoms with Gasteiger partial charge < -0.3 is 14.8 Å². The van der Waals surface area contributed by atoms with E-state index in [-0.39, 0.29) is 24.5 Å². The molecule has 2 rings (SSSR count).